The zero-order valence-electron chi connectivity index (χ0n) is 9.44. The number of nitrogens with one attached hydrogen (secondary N) is 1. The van der Waals surface area contributed by atoms with Gasteiger partial charge in [-0.25, -0.2) is 8.42 Å². The molecule has 1 saturated carbocycles. The lowest BCUT2D eigenvalue weighted by Crippen LogP contribution is -2.48. The van der Waals surface area contributed by atoms with Gasteiger partial charge in [0.1, 0.15) is 9.84 Å². The Morgan fingerprint density at radius 3 is 2.53 bits per heavy atom. The number of aliphatic hydroxyl groups excluding tert-OH is 1. The number of rotatable bonds is 4. The molecular formula is C10H21NO3S. The molecule has 1 unspecified atom stereocenters. The van der Waals surface area contributed by atoms with E-state index in [1.54, 1.807) is 0 Å². The summed E-state index contributed by atoms with van der Waals surface area (Å²) in [6.45, 7) is 1.85. The summed E-state index contributed by atoms with van der Waals surface area (Å²) in [6.07, 6.45) is 4.86. The molecule has 0 aromatic carbocycles. The minimum absolute atomic E-state index is 0.0653. The lowest BCUT2D eigenvalue weighted by Gasteiger charge is -2.30. The minimum atomic E-state index is -2.94. The Bertz CT molecular complexity index is 289. The zero-order chi connectivity index (χ0) is 11.5. The van der Waals surface area contributed by atoms with Gasteiger partial charge in [-0.2, -0.15) is 0 Å². The first kappa shape index (κ1) is 12.9. The zero-order valence-corrected chi connectivity index (χ0v) is 10.3. The van der Waals surface area contributed by atoms with Crippen molar-refractivity contribution in [1.29, 1.82) is 0 Å². The predicted molar refractivity (Wildman–Crippen MR) is 60.6 cm³/mol. The molecular weight excluding hydrogens is 214 g/mol. The van der Waals surface area contributed by atoms with E-state index >= 15 is 0 Å². The Morgan fingerprint density at radius 1 is 1.40 bits per heavy atom. The smallest absolute Gasteiger partial charge is 0.148 e. The van der Waals surface area contributed by atoms with Crippen molar-refractivity contribution in [2.45, 2.75) is 50.8 Å². The molecule has 0 bridgehead atoms. The van der Waals surface area contributed by atoms with Crippen LogP contribution in [0.1, 0.15) is 32.6 Å². The van der Waals surface area contributed by atoms with Gasteiger partial charge in [0.2, 0.25) is 0 Å². The molecule has 0 saturated heterocycles. The topological polar surface area (TPSA) is 66.4 Å². The van der Waals surface area contributed by atoms with Gasteiger partial charge in [0.25, 0.3) is 0 Å². The summed E-state index contributed by atoms with van der Waals surface area (Å²) < 4.78 is 22.1. The van der Waals surface area contributed by atoms with Gasteiger partial charge in [0.05, 0.1) is 11.9 Å². The van der Waals surface area contributed by atoms with Crippen LogP contribution < -0.4 is 5.32 Å². The monoisotopic (exact) mass is 235 g/mol. The van der Waals surface area contributed by atoms with Crippen molar-refractivity contribution in [1.82, 2.24) is 5.32 Å². The molecule has 0 radical (unpaired) electrons. The van der Waals surface area contributed by atoms with Crippen molar-refractivity contribution in [3.05, 3.63) is 0 Å². The van der Waals surface area contributed by atoms with E-state index in [9.17, 15) is 13.5 Å². The average Bonchev–Trinajstić information content (AvgIpc) is 2.05. The van der Waals surface area contributed by atoms with Crippen LogP contribution in [0.15, 0.2) is 0 Å². The number of sulfone groups is 1. The van der Waals surface area contributed by atoms with Crippen molar-refractivity contribution >= 4 is 9.84 Å². The quantitative estimate of drug-likeness (QED) is 0.736. The lowest BCUT2D eigenvalue weighted by atomic mass is 9.92. The maximum absolute atomic E-state index is 11.1. The molecule has 2 N–H and O–H groups in total. The molecule has 0 aliphatic heterocycles. The third-order valence-corrected chi connectivity index (χ3v) is 3.89. The van der Waals surface area contributed by atoms with Gasteiger partial charge in [-0.15, -0.1) is 0 Å². The molecule has 1 aliphatic rings. The van der Waals surface area contributed by atoms with Crippen LogP contribution >= 0.6 is 0 Å². The van der Waals surface area contributed by atoms with E-state index in [1.165, 1.54) is 6.26 Å². The summed E-state index contributed by atoms with van der Waals surface area (Å²) >= 11 is 0. The molecule has 5 heteroatoms. The molecule has 1 fully saturated rings. The van der Waals surface area contributed by atoms with Gasteiger partial charge >= 0.3 is 0 Å². The standard InChI is InChI=1S/C10H21NO3S/c1-8(7-15(2,13)14)11-9-5-3-4-6-10(9)12/h8-12H,3-7H2,1-2H3/t8?,9-,10-/m1/s1. The molecule has 0 aromatic heterocycles. The van der Waals surface area contributed by atoms with Gasteiger partial charge in [-0.1, -0.05) is 12.8 Å². The molecule has 0 heterocycles. The fraction of sp³-hybridized carbons (Fsp3) is 1.00. The van der Waals surface area contributed by atoms with Gasteiger partial charge in [-0.05, 0) is 19.8 Å². The first-order valence-corrected chi connectivity index (χ1v) is 7.56. The summed E-state index contributed by atoms with van der Waals surface area (Å²) in [5.41, 5.74) is 0. The molecule has 1 aliphatic carbocycles. The first-order valence-electron chi connectivity index (χ1n) is 5.50. The van der Waals surface area contributed by atoms with Crippen LogP contribution in [0, 0.1) is 0 Å². The molecule has 3 atom stereocenters. The molecule has 0 aromatic rings. The molecule has 0 spiro atoms. The number of hydrogen-bond acceptors (Lipinski definition) is 4. The Kier molecular flexibility index (Phi) is 4.55. The Hall–Kier alpha value is -0.130. The maximum Gasteiger partial charge on any atom is 0.148 e. The minimum Gasteiger partial charge on any atom is -0.392 e. The highest BCUT2D eigenvalue weighted by atomic mass is 32.2. The summed E-state index contributed by atoms with van der Waals surface area (Å²) in [6, 6.07) is -0.0201. The summed E-state index contributed by atoms with van der Waals surface area (Å²) in [4.78, 5) is 0. The predicted octanol–water partition coefficient (Wildman–Crippen LogP) is 0.313. The molecule has 0 amide bonds. The fourth-order valence-electron chi connectivity index (χ4n) is 2.17. The fourth-order valence-corrected chi connectivity index (χ4v) is 3.18. The second kappa shape index (κ2) is 5.27. The number of aliphatic hydroxyl groups is 1. The van der Waals surface area contributed by atoms with Crippen LogP contribution in [0.5, 0.6) is 0 Å². The van der Waals surface area contributed by atoms with Crippen LogP contribution in [0.2, 0.25) is 0 Å². The van der Waals surface area contributed by atoms with E-state index in [-0.39, 0.29) is 23.9 Å². The highest BCUT2D eigenvalue weighted by Gasteiger charge is 2.24. The molecule has 90 valence electrons. The van der Waals surface area contributed by atoms with Crippen molar-refractivity contribution in [2.75, 3.05) is 12.0 Å². The molecule has 15 heavy (non-hydrogen) atoms. The normalized spacial score (nSPS) is 30.1. The highest BCUT2D eigenvalue weighted by molar-refractivity contribution is 7.90. The summed E-state index contributed by atoms with van der Waals surface area (Å²) in [7, 11) is -2.94. The molecule has 1 rings (SSSR count). The maximum atomic E-state index is 11.1. The van der Waals surface area contributed by atoms with Gasteiger partial charge in [0.15, 0.2) is 0 Å². The second-order valence-electron chi connectivity index (χ2n) is 4.62. The van der Waals surface area contributed by atoms with E-state index < -0.39 is 9.84 Å². The summed E-state index contributed by atoms with van der Waals surface area (Å²) in [5, 5.41) is 12.9. The van der Waals surface area contributed by atoms with Crippen LogP contribution in [-0.2, 0) is 9.84 Å². The van der Waals surface area contributed by atoms with Crippen LogP contribution in [0.3, 0.4) is 0 Å². The van der Waals surface area contributed by atoms with Gasteiger partial charge in [-0.3, -0.25) is 0 Å². The van der Waals surface area contributed by atoms with Crippen LogP contribution in [0.25, 0.3) is 0 Å². The average molecular weight is 235 g/mol. The van der Waals surface area contributed by atoms with E-state index in [2.05, 4.69) is 5.32 Å². The van der Waals surface area contributed by atoms with Crippen molar-refractivity contribution in [2.24, 2.45) is 0 Å². The highest BCUT2D eigenvalue weighted by Crippen LogP contribution is 2.18. The third kappa shape index (κ3) is 4.95. The number of hydrogen-bond donors (Lipinski definition) is 2. The Labute approximate surface area is 92.0 Å². The Morgan fingerprint density at radius 2 is 2.00 bits per heavy atom. The van der Waals surface area contributed by atoms with Crippen LogP contribution in [-0.4, -0.2) is 43.7 Å². The Balaban J connectivity index is 2.39. The van der Waals surface area contributed by atoms with Crippen molar-refractivity contribution in [3.8, 4) is 0 Å². The van der Waals surface area contributed by atoms with Gasteiger partial charge in [0, 0.05) is 18.3 Å². The van der Waals surface area contributed by atoms with Crippen LogP contribution in [0.4, 0.5) is 0 Å². The SMILES string of the molecule is CC(CS(C)(=O)=O)N[C@@H]1CCCC[C@H]1O. The summed E-state index contributed by atoms with van der Waals surface area (Å²) in [5.74, 6) is 0.135. The second-order valence-corrected chi connectivity index (χ2v) is 6.80. The van der Waals surface area contributed by atoms with E-state index in [4.69, 9.17) is 0 Å². The third-order valence-electron chi connectivity index (χ3n) is 2.78. The van der Waals surface area contributed by atoms with E-state index in [0.717, 1.165) is 25.7 Å². The van der Waals surface area contributed by atoms with E-state index in [0.29, 0.717) is 0 Å². The lowest BCUT2D eigenvalue weighted by molar-refractivity contribution is 0.0872. The van der Waals surface area contributed by atoms with E-state index in [1.807, 2.05) is 6.92 Å². The van der Waals surface area contributed by atoms with Crippen molar-refractivity contribution in [3.63, 3.8) is 0 Å². The van der Waals surface area contributed by atoms with Crippen molar-refractivity contribution < 1.29 is 13.5 Å². The largest absolute Gasteiger partial charge is 0.392 e. The van der Waals surface area contributed by atoms with Gasteiger partial charge < -0.3 is 10.4 Å². The first-order chi connectivity index (χ1) is 6.88. The molecule has 4 nitrogen and oxygen atoms in total.